The SMILES string of the molecule is COc1ccc(NCCCSC)cc1.Cl. The molecule has 1 N–H and O–H groups in total. The van der Waals surface area contributed by atoms with E-state index in [0.717, 1.165) is 18.0 Å². The van der Waals surface area contributed by atoms with E-state index in [0.29, 0.717) is 0 Å². The fraction of sp³-hybridized carbons (Fsp3) is 0.455. The normalized spacial score (nSPS) is 9.20. The molecule has 0 heterocycles. The summed E-state index contributed by atoms with van der Waals surface area (Å²) in [5.41, 5.74) is 1.16. The highest BCUT2D eigenvalue weighted by Crippen LogP contribution is 2.14. The lowest BCUT2D eigenvalue weighted by atomic mass is 10.3. The molecule has 4 heteroatoms. The number of benzene rings is 1. The zero-order valence-electron chi connectivity index (χ0n) is 9.16. The number of anilines is 1. The molecule has 0 amide bonds. The van der Waals surface area contributed by atoms with E-state index < -0.39 is 0 Å². The molecular formula is C11H18ClNOS. The van der Waals surface area contributed by atoms with Gasteiger partial charge in [0.15, 0.2) is 0 Å². The van der Waals surface area contributed by atoms with Crippen LogP contribution in [0.1, 0.15) is 6.42 Å². The summed E-state index contributed by atoms with van der Waals surface area (Å²) in [6.07, 6.45) is 3.33. The Morgan fingerprint density at radius 3 is 2.47 bits per heavy atom. The molecule has 0 bridgehead atoms. The number of halogens is 1. The lowest BCUT2D eigenvalue weighted by molar-refractivity contribution is 0.415. The monoisotopic (exact) mass is 247 g/mol. The first-order valence-corrected chi connectivity index (χ1v) is 6.13. The van der Waals surface area contributed by atoms with Crippen molar-refractivity contribution in [2.24, 2.45) is 0 Å². The minimum atomic E-state index is 0. The van der Waals surface area contributed by atoms with Gasteiger partial charge in [-0.05, 0) is 42.7 Å². The fourth-order valence-electron chi connectivity index (χ4n) is 1.16. The smallest absolute Gasteiger partial charge is 0.119 e. The number of rotatable bonds is 6. The first kappa shape index (κ1) is 14.5. The van der Waals surface area contributed by atoms with Crippen LogP contribution in [-0.2, 0) is 0 Å². The van der Waals surface area contributed by atoms with Crippen LogP contribution in [0.3, 0.4) is 0 Å². The highest BCUT2D eigenvalue weighted by atomic mass is 35.5. The quantitative estimate of drug-likeness (QED) is 0.780. The summed E-state index contributed by atoms with van der Waals surface area (Å²) in [7, 11) is 1.68. The van der Waals surface area contributed by atoms with Crippen molar-refractivity contribution in [2.75, 3.05) is 31.0 Å². The van der Waals surface area contributed by atoms with E-state index in [9.17, 15) is 0 Å². The van der Waals surface area contributed by atoms with Gasteiger partial charge in [0.05, 0.1) is 7.11 Å². The van der Waals surface area contributed by atoms with Crippen LogP contribution in [0.4, 0.5) is 5.69 Å². The van der Waals surface area contributed by atoms with E-state index in [1.807, 2.05) is 36.0 Å². The van der Waals surface area contributed by atoms with Crippen molar-refractivity contribution < 1.29 is 4.74 Å². The molecule has 0 radical (unpaired) electrons. The highest BCUT2D eigenvalue weighted by molar-refractivity contribution is 7.98. The average molecular weight is 248 g/mol. The Labute approximate surface area is 102 Å². The number of hydrogen-bond donors (Lipinski definition) is 1. The van der Waals surface area contributed by atoms with Crippen molar-refractivity contribution in [1.29, 1.82) is 0 Å². The molecule has 0 spiro atoms. The van der Waals surface area contributed by atoms with E-state index in [1.165, 1.54) is 12.2 Å². The van der Waals surface area contributed by atoms with Crippen molar-refractivity contribution in [3.63, 3.8) is 0 Å². The van der Waals surface area contributed by atoms with E-state index in [4.69, 9.17) is 4.74 Å². The Balaban J connectivity index is 0.00000196. The fourth-order valence-corrected chi connectivity index (χ4v) is 1.59. The van der Waals surface area contributed by atoms with Gasteiger partial charge in [0.2, 0.25) is 0 Å². The Hall–Kier alpha value is -0.540. The maximum atomic E-state index is 5.08. The zero-order valence-corrected chi connectivity index (χ0v) is 10.8. The van der Waals surface area contributed by atoms with Gasteiger partial charge in [0, 0.05) is 12.2 Å². The van der Waals surface area contributed by atoms with Crippen LogP contribution in [0.15, 0.2) is 24.3 Å². The summed E-state index contributed by atoms with van der Waals surface area (Å²) in [6, 6.07) is 8.02. The Morgan fingerprint density at radius 1 is 1.27 bits per heavy atom. The molecule has 1 aromatic rings. The second kappa shape index (κ2) is 8.74. The lowest BCUT2D eigenvalue weighted by Crippen LogP contribution is -2.02. The maximum Gasteiger partial charge on any atom is 0.119 e. The van der Waals surface area contributed by atoms with Crippen LogP contribution in [0.2, 0.25) is 0 Å². The Morgan fingerprint density at radius 2 is 1.93 bits per heavy atom. The standard InChI is InChI=1S/C11H17NOS.ClH/c1-13-11-6-4-10(5-7-11)12-8-3-9-14-2;/h4-7,12H,3,8-9H2,1-2H3;1H. The molecule has 0 unspecified atom stereocenters. The van der Waals surface area contributed by atoms with Gasteiger partial charge in [-0.1, -0.05) is 0 Å². The third-order valence-corrected chi connectivity index (χ3v) is 2.64. The van der Waals surface area contributed by atoms with Gasteiger partial charge in [-0.25, -0.2) is 0 Å². The summed E-state index contributed by atoms with van der Waals surface area (Å²) in [5.74, 6) is 2.11. The largest absolute Gasteiger partial charge is 0.497 e. The summed E-state index contributed by atoms with van der Waals surface area (Å²) in [6.45, 7) is 1.03. The van der Waals surface area contributed by atoms with Gasteiger partial charge in [-0.15, -0.1) is 12.4 Å². The minimum Gasteiger partial charge on any atom is -0.497 e. The van der Waals surface area contributed by atoms with Gasteiger partial charge >= 0.3 is 0 Å². The molecule has 0 aliphatic rings. The highest BCUT2D eigenvalue weighted by Gasteiger charge is 1.92. The third kappa shape index (κ3) is 5.80. The van der Waals surface area contributed by atoms with E-state index in [1.54, 1.807) is 7.11 Å². The van der Waals surface area contributed by atoms with Gasteiger partial charge in [0.25, 0.3) is 0 Å². The third-order valence-electron chi connectivity index (χ3n) is 1.94. The zero-order chi connectivity index (χ0) is 10.2. The predicted octanol–water partition coefficient (Wildman–Crippen LogP) is 3.28. The molecular weight excluding hydrogens is 230 g/mol. The van der Waals surface area contributed by atoms with Crippen molar-refractivity contribution in [3.05, 3.63) is 24.3 Å². The number of nitrogens with one attached hydrogen (secondary N) is 1. The first-order valence-electron chi connectivity index (χ1n) is 4.73. The van der Waals surface area contributed by atoms with Gasteiger partial charge in [-0.2, -0.15) is 11.8 Å². The molecule has 86 valence electrons. The second-order valence-corrected chi connectivity index (χ2v) is 3.99. The topological polar surface area (TPSA) is 21.3 Å². The minimum absolute atomic E-state index is 0. The summed E-state index contributed by atoms with van der Waals surface area (Å²) in [4.78, 5) is 0. The lowest BCUT2D eigenvalue weighted by Gasteiger charge is -2.06. The van der Waals surface area contributed by atoms with Crippen molar-refractivity contribution in [3.8, 4) is 5.75 Å². The van der Waals surface area contributed by atoms with Crippen LogP contribution in [0.5, 0.6) is 5.75 Å². The van der Waals surface area contributed by atoms with Crippen LogP contribution >= 0.6 is 24.2 Å². The summed E-state index contributed by atoms with van der Waals surface area (Å²) >= 11 is 1.88. The number of hydrogen-bond acceptors (Lipinski definition) is 3. The molecule has 0 saturated carbocycles. The van der Waals surface area contributed by atoms with Crippen molar-refractivity contribution in [1.82, 2.24) is 0 Å². The molecule has 1 rings (SSSR count). The molecule has 0 aliphatic heterocycles. The second-order valence-electron chi connectivity index (χ2n) is 3.00. The average Bonchev–Trinajstić information content (AvgIpc) is 2.25. The number of ether oxygens (including phenoxy) is 1. The van der Waals surface area contributed by atoms with Crippen LogP contribution in [-0.4, -0.2) is 25.7 Å². The number of methoxy groups -OCH3 is 1. The predicted molar refractivity (Wildman–Crippen MR) is 71.7 cm³/mol. The van der Waals surface area contributed by atoms with Crippen molar-refractivity contribution >= 4 is 29.9 Å². The van der Waals surface area contributed by atoms with E-state index >= 15 is 0 Å². The Bertz CT molecular complexity index is 253. The molecule has 2 nitrogen and oxygen atoms in total. The molecule has 15 heavy (non-hydrogen) atoms. The summed E-state index contributed by atoms with van der Waals surface area (Å²) in [5, 5.41) is 3.36. The number of thioether (sulfide) groups is 1. The van der Waals surface area contributed by atoms with Crippen LogP contribution in [0, 0.1) is 0 Å². The van der Waals surface area contributed by atoms with Gasteiger partial charge in [0.1, 0.15) is 5.75 Å². The molecule has 0 saturated heterocycles. The molecule has 0 atom stereocenters. The van der Waals surface area contributed by atoms with Crippen LogP contribution in [0.25, 0.3) is 0 Å². The van der Waals surface area contributed by atoms with E-state index in [2.05, 4.69) is 11.6 Å². The van der Waals surface area contributed by atoms with Gasteiger partial charge in [-0.3, -0.25) is 0 Å². The first-order chi connectivity index (χ1) is 6.86. The maximum absolute atomic E-state index is 5.08. The van der Waals surface area contributed by atoms with Crippen LogP contribution < -0.4 is 10.1 Å². The molecule has 1 aromatic carbocycles. The van der Waals surface area contributed by atoms with Gasteiger partial charge < -0.3 is 10.1 Å². The molecule has 0 fully saturated rings. The molecule has 0 aliphatic carbocycles. The summed E-state index contributed by atoms with van der Waals surface area (Å²) < 4.78 is 5.08. The van der Waals surface area contributed by atoms with E-state index in [-0.39, 0.29) is 12.4 Å². The Kier molecular flexibility index (Phi) is 8.43. The molecule has 0 aromatic heterocycles. The van der Waals surface area contributed by atoms with Crippen molar-refractivity contribution in [2.45, 2.75) is 6.42 Å².